The molecular weight excluding hydrogens is 338 g/mol. The van der Waals surface area contributed by atoms with Crippen LogP contribution in [-0.2, 0) is 11.3 Å². The summed E-state index contributed by atoms with van der Waals surface area (Å²) in [7, 11) is 4.27. The van der Waals surface area contributed by atoms with E-state index in [1.165, 1.54) is 24.0 Å². The molecule has 3 rings (SSSR count). The standard InChI is InChI=1S/C22H35N3O2/c1-18-9-4-5-10-19(18)15-25(16-20-11-8-14-27-20)21(26)23-17-22(24(2)3)12-6-7-13-22/h4-5,9-10,20H,6-8,11-17H2,1-3H3,(H,23,26)/t20-/m1/s1. The van der Waals surface area contributed by atoms with Gasteiger partial charge in [0.25, 0.3) is 0 Å². The molecule has 2 amide bonds. The van der Waals surface area contributed by atoms with Crippen LogP contribution in [0.3, 0.4) is 0 Å². The molecule has 1 aliphatic heterocycles. The summed E-state index contributed by atoms with van der Waals surface area (Å²) in [5.74, 6) is 0. The number of carbonyl (C=O) groups is 1. The number of urea groups is 1. The summed E-state index contributed by atoms with van der Waals surface area (Å²) >= 11 is 0. The predicted molar refractivity (Wildman–Crippen MR) is 109 cm³/mol. The highest BCUT2D eigenvalue weighted by atomic mass is 16.5. The third kappa shape index (κ3) is 5.02. The van der Waals surface area contributed by atoms with Crippen molar-refractivity contribution in [3.8, 4) is 0 Å². The quantitative estimate of drug-likeness (QED) is 0.795. The molecule has 1 atom stereocenters. The smallest absolute Gasteiger partial charge is 0.317 e. The number of ether oxygens (including phenoxy) is 1. The fourth-order valence-electron chi connectivity index (χ4n) is 4.41. The average molecular weight is 374 g/mol. The molecule has 0 spiro atoms. The van der Waals surface area contributed by atoms with Gasteiger partial charge in [0, 0.05) is 31.8 Å². The fraction of sp³-hybridized carbons (Fsp3) is 0.682. The molecule has 5 nitrogen and oxygen atoms in total. The van der Waals surface area contributed by atoms with Crippen molar-refractivity contribution in [2.24, 2.45) is 0 Å². The summed E-state index contributed by atoms with van der Waals surface area (Å²) in [5, 5.41) is 3.25. The highest BCUT2D eigenvalue weighted by Gasteiger charge is 2.36. The first-order valence-corrected chi connectivity index (χ1v) is 10.4. The molecule has 1 aromatic carbocycles. The second-order valence-corrected chi connectivity index (χ2v) is 8.43. The van der Waals surface area contributed by atoms with E-state index in [9.17, 15) is 4.79 Å². The monoisotopic (exact) mass is 373 g/mol. The van der Waals surface area contributed by atoms with Crippen LogP contribution in [0.1, 0.15) is 49.7 Å². The molecule has 27 heavy (non-hydrogen) atoms. The minimum absolute atomic E-state index is 0.0295. The van der Waals surface area contributed by atoms with Crippen molar-refractivity contribution >= 4 is 6.03 Å². The van der Waals surface area contributed by atoms with Crippen molar-refractivity contribution in [1.82, 2.24) is 15.1 Å². The second-order valence-electron chi connectivity index (χ2n) is 8.43. The van der Waals surface area contributed by atoms with Crippen LogP contribution >= 0.6 is 0 Å². The lowest BCUT2D eigenvalue weighted by molar-refractivity contribution is 0.0777. The molecule has 1 saturated heterocycles. The zero-order chi connectivity index (χ0) is 19.3. The maximum absolute atomic E-state index is 13.1. The van der Waals surface area contributed by atoms with Crippen LogP contribution in [0.2, 0.25) is 0 Å². The Morgan fingerprint density at radius 2 is 1.96 bits per heavy atom. The van der Waals surface area contributed by atoms with Gasteiger partial charge in [0.2, 0.25) is 0 Å². The van der Waals surface area contributed by atoms with Gasteiger partial charge < -0.3 is 19.9 Å². The first-order valence-electron chi connectivity index (χ1n) is 10.4. The van der Waals surface area contributed by atoms with Gasteiger partial charge in [-0.1, -0.05) is 37.1 Å². The number of benzene rings is 1. The number of aryl methyl sites for hydroxylation is 1. The van der Waals surface area contributed by atoms with E-state index in [1.54, 1.807) is 0 Å². The minimum Gasteiger partial charge on any atom is -0.376 e. The Morgan fingerprint density at radius 1 is 1.22 bits per heavy atom. The lowest BCUT2D eigenvalue weighted by atomic mass is 9.96. The molecule has 0 unspecified atom stereocenters. The maximum Gasteiger partial charge on any atom is 0.317 e. The van der Waals surface area contributed by atoms with E-state index in [1.807, 2.05) is 17.0 Å². The van der Waals surface area contributed by atoms with E-state index >= 15 is 0 Å². The van der Waals surface area contributed by atoms with Crippen molar-refractivity contribution in [2.75, 3.05) is 33.8 Å². The summed E-state index contributed by atoms with van der Waals surface area (Å²) in [5.41, 5.74) is 2.53. The number of hydrogen-bond acceptors (Lipinski definition) is 3. The molecule has 150 valence electrons. The van der Waals surface area contributed by atoms with E-state index in [0.29, 0.717) is 19.6 Å². The number of nitrogens with zero attached hydrogens (tertiary/aromatic N) is 2. The third-order valence-electron chi connectivity index (χ3n) is 6.41. The van der Waals surface area contributed by atoms with Crippen LogP contribution in [0, 0.1) is 6.92 Å². The fourth-order valence-corrected chi connectivity index (χ4v) is 4.41. The summed E-state index contributed by atoms with van der Waals surface area (Å²) in [6.45, 7) is 4.93. The molecule has 5 heteroatoms. The van der Waals surface area contributed by atoms with E-state index in [-0.39, 0.29) is 17.7 Å². The molecule has 1 aliphatic carbocycles. The van der Waals surface area contributed by atoms with Crippen molar-refractivity contribution in [3.05, 3.63) is 35.4 Å². The Hall–Kier alpha value is -1.59. The normalized spacial score (nSPS) is 21.6. The first-order chi connectivity index (χ1) is 13.0. The molecule has 2 aliphatic rings. The van der Waals surface area contributed by atoms with E-state index in [4.69, 9.17) is 4.74 Å². The molecular formula is C22H35N3O2. The van der Waals surface area contributed by atoms with Crippen LogP contribution in [0.25, 0.3) is 0 Å². The first kappa shape index (κ1) is 20.2. The Kier molecular flexibility index (Phi) is 6.77. The highest BCUT2D eigenvalue weighted by molar-refractivity contribution is 5.74. The van der Waals surface area contributed by atoms with Gasteiger partial charge >= 0.3 is 6.03 Å². The van der Waals surface area contributed by atoms with Crippen LogP contribution < -0.4 is 5.32 Å². The number of amides is 2. The van der Waals surface area contributed by atoms with Gasteiger partial charge in [-0.3, -0.25) is 0 Å². The van der Waals surface area contributed by atoms with Gasteiger partial charge in [0.1, 0.15) is 0 Å². The van der Waals surface area contributed by atoms with Gasteiger partial charge in [0.05, 0.1) is 6.10 Å². The molecule has 1 heterocycles. The van der Waals surface area contributed by atoms with Crippen LogP contribution in [0.5, 0.6) is 0 Å². The van der Waals surface area contributed by atoms with E-state index in [2.05, 4.69) is 43.4 Å². The van der Waals surface area contributed by atoms with Crippen molar-refractivity contribution in [1.29, 1.82) is 0 Å². The summed E-state index contributed by atoms with van der Waals surface area (Å²) < 4.78 is 5.81. The molecule has 0 bridgehead atoms. The van der Waals surface area contributed by atoms with Gasteiger partial charge in [-0.15, -0.1) is 0 Å². The highest BCUT2D eigenvalue weighted by Crippen LogP contribution is 2.33. The average Bonchev–Trinajstić information content (AvgIpc) is 3.33. The number of hydrogen-bond donors (Lipinski definition) is 1. The molecule has 1 N–H and O–H groups in total. The zero-order valence-corrected chi connectivity index (χ0v) is 17.2. The number of rotatable bonds is 7. The van der Waals surface area contributed by atoms with E-state index in [0.717, 1.165) is 32.3 Å². The largest absolute Gasteiger partial charge is 0.376 e. The Bertz CT molecular complexity index is 620. The minimum atomic E-state index is 0.0295. The van der Waals surface area contributed by atoms with Crippen LogP contribution in [-0.4, -0.2) is 61.3 Å². The third-order valence-corrected chi connectivity index (χ3v) is 6.41. The molecule has 0 aromatic heterocycles. The van der Waals surface area contributed by atoms with Crippen molar-refractivity contribution in [3.63, 3.8) is 0 Å². The molecule has 1 saturated carbocycles. The topological polar surface area (TPSA) is 44.8 Å². The lowest BCUT2D eigenvalue weighted by Gasteiger charge is -2.37. The van der Waals surface area contributed by atoms with E-state index < -0.39 is 0 Å². The Labute approximate surface area is 164 Å². The van der Waals surface area contributed by atoms with Crippen LogP contribution in [0.15, 0.2) is 24.3 Å². The zero-order valence-electron chi connectivity index (χ0n) is 17.2. The van der Waals surface area contributed by atoms with Crippen LogP contribution in [0.4, 0.5) is 4.79 Å². The van der Waals surface area contributed by atoms with Gasteiger partial charge in [-0.05, 0) is 57.8 Å². The Balaban J connectivity index is 1.67. The SMILES string of the molecule is Cc1ccccc1CN(C[C@H]1CCCO1)C(=O)NCC1(N(C)C)CCCC1. The lowest BCUT2D eigenvalue weighted by Crippen LogP contribution is -2.53. The van der Waals surface area contributed by atoms with Crippen molar-refractivity contribution < 1.29 is 9.53 Å². The maximum atomic E-state index is 13.1. The van der Waals surface area contributed by atoms with Crippen molar-refractivity contribution in [2.45, 2.75) is 63.6 Å². The van der Waals surface area contributed by atoms with Gasteiger partial charge in [-0.25, -0.2) is 4.79 Å². The summed E-state index contributed by atoms with van der Waals surface area (Å²) in [6.07, 6.45) is 7.10. The number of likely N-dealkylation sites (N-methyl/N-ethyl adjacent to an activating group) is 1. The predicted octanol–water partition coefficient (Wildman–Crippen LogP) is 3.56. The number of carbonyl (C=O) groups excluding carboxylic acids is 1. The summed E-state index contributed by atoms with van der Waals surface area (Å²) in [6, 6.07) is 8.34. The Morgan fingerprint density at radius 3 is 2.59 bits per heavy atom. The molecule has 2 fully saturated rings. The van der Waals surface area contributed by atoms with Gasteiger partial charge in [0.15, 0.2) is 0 Å². The van der Waals surface area contributed by atoms with Gasteiger partial charge in [-0.2, -0.15) is 0 Å². The molecule has 1 aromatic rings. The molecule has 0 radical (unpaired) electrons. The number of nitrogens with one attached hydrogen (secondary N) is 1. The second kappa shape index (κ2) is 9.07. The summed E-state index contributed by atoms with van der Waals surface area (Å²) in [4.78, 5) is 17.3.